The van der Waals surface area contributed by atoms with Crippen molar-refractivity contribution in [2.75, 3.05) is 4.90 Å². The number of hydrogen-bond donors (Lipinski definition) is 0. The van der Waals surface area contributed by atoms with Crippen molar-refractivity contribution < 1.29 is 0 Å². The van der Waals surface area contributed by atoms with E-state index in [4.69, 9.17) is 9.97 Å². The molecule has 3 heterocycles. The van der Waals surface area contributed by atoms with E-state index in [1.807, 2.05) is 6.07 Å². The van der Waals surface area contributed by atoms with Gasteiger partial charge in [0.2, 0.25) is 0 Å². The van der Waals surface area contributed by atoms with Gasteiger partial charge in [-0.1, -0.05) is 78.9 Å². The minimum absolute atomic E-state index is 0.682. The van der Waals surface area contributed by atoms with Crippen molar-refractivity contribution in [3.05, 3.63) is 91.0 Å². The number of hydrogen-bond acceptors (Lipinski definition) is 3. The van der Waals surface area contributed by atoms with E-state index in [-0.39, 0.29) is 0 Å². The molecule has 3 nitrogen and oxygen atoms in total. The monoisotopic (exact) mass is 443 g/mol. The molecule has 4 aromatic rings. The van der Waals surface area contributed by atoms with Gasteiger partial charge >= 0.3 is 0 Å². The van der Waals surface area contributed by atoms with Crippen LogP contribution in [0.15, 0.2) is 91.0 Å². The first-order valence-electron chi connectivity index (χ1n) is 12.7. The maximum Gasteiger partial charge on any atom is 0.160 e. The van der Waals surface area contributed by atoms with Gasteiger partial charge < -0.3 is 4.90 Å². The van der Waals surface area contributed by atoms with Gasteiger partial charge in [0.25, 0.3) is 0 Å². The van der Waals surface area contributed by atoms with E-state index in [1.165, 1.54) is 43.4 Å². The second-order valence-electron chi connectivity index (χ2n) is 10.3. The molecule has 0 N–H and O–H groups in total. The standard InChI is InChI=1S/C31H29N3/c1-3-9-23(10-4-1)28-20-29(33-31(32-28)24-11-5-2-6-12-24)27-13-7-8-14-30(27)34-25-16-21-15-22(18-25)19-26(34)17-21/h1-14,20-22,25-26H,15-19H2. The minimum Gasteiger partial charge on any atom is -0.365 e. The zero-order valence-electron chi connectivity index (χ0n) is 19.3. The van der Waals surface area contributed by atoms with E-state index in [1.54, 1.807) is 0 Å². The quantitative estimate of drug-likeness (QED) is 0.333. The van der Waals surface area contributed by atoms with E-state index in [0.717, 1.165) is 40.2 Å². The van der Waals surface area contributed by atoms with Gasteiger partial charge in [0, 0.05) is 34.5 Å². The Labute approximate surface area is 201 Å². The van der Waals surface area contributed by atoms with Crippen LogP contribution in [0.2, 0.25) is 0 Å². The Morgan fingerprint density at radius 3 is 1.79 bits per heavy atom. The predicted octanol–water partition coefficient (Wildman–Crippen LogP) is 7.24. The van der Waals surface area contributed by atoms with Crippen LogP contribution in [0.3, 0.4) is 0 Å². The minimum atomic E-state index is 0.682. The lowest BCUT2D eigenvalue weighted by atomic mass is 9.63. The first-order chi connectivity index (χ1) is 16.8. The number of rotatable bonds is 4. The van der Waals surface area contributed by atoms with E-state index >= 15 is 0 Å². The van der Waals surface area contributed by atoms with Crippen LogP contribution in [0.4, 0.5) is 5.69 Å². The third-order valence-electron chi connectivity index (χ3n) is 8.16. The number of piperidine rings is 2. The number of para-hydroxylation sites is 1. The third kappa shape index (κ3) is 3.42. The highest BCUT2D eigenvalue weighted by atomic mass is 15.2. The fourth-order valence-electron chi connectivity index (χ4n) is 6.90. The van der Waals surface area contributed by atoms with Crippen LogP contribution in [-0.4, -0.2) is 22.1 Å². The maximum absolute atomic E-state index is 5.13. The highest BCUT2D eigenvalue weighted by molar-refractivity contribution is 5.80. The Morgan fingerprint density at radius 2 is 1.12 bits per heavy atom. The zero-order valence-corrected chi connectivity index (χ0v) is 19.3. The van der Waals surface area contributed by atoms with Gasteiger partial charge in [-0.3, -0.25) is 0 Å². The Kier molecular flexibility index (Phi) is 4.75. The molecule has 1 aromatic heterocycles. The van der Waals surface area contributed by atoms with Gasteiger partial charge in [0.15, 0.2) is 5.82 Å². The molecule has 3 heteroatoms. The summed E-state index contributed by atoms with van der Waals surface area (Å²) in [5.74, 6) is 2.67. The number of anilines is 1. The van der Waals surface area contributed by atoms with Crippen molar-refractivity contribution in [2.45, 2.75) is 44.2 Å². The van der Waals surface area contributed by atoms with E-state index in [2.05, 4.69) is 89.8 Å². The summed E-state index contributed by atoms with van der Waals surface area (Å²) in [7, 11) is 0. The Balaban J connectivity index is 1.38. The highest BCUT2D eigenvalue weighted by Gasteiger charge is 2.47. The van der Waals surface area contributed by atoms with Crippen LogP contribution in [0.5, 0.6) is 0 Å². The van der Waals surface area contributed by atoms with Crippen molar-refractivity contribution in [3.8, 4) is 33.9 Å². The second-order valence-corrected chi connectivity index (χ2v) is 10.3. The van der Waals surface area contributed by atoms with Crippen LogP contribution in [0, 0.1) is 11.8 Å². The highest BCUT2D eigenvalue weighted by Crippen LogP contribution is 2.51. The molecule has 2 aliphatic heterocycles. The van der Waals surface area contributed by atoms with Gasteiger partial charge in [-0.15, -0.1) is 0 Å². The molecule has 4 fully saturated rings. The normalized spacial score (nSPS) is 25.0. The summed E-state index contributed by atoms with van der Waals surface area (Å²) < 4.78 is 0. The average molecular weight is 444 g/mol. The molecule has 34 heavy (non-hydrogen) atoms. The topological polar surface area (TPSA) is 29.0 Å². The maximum atomic E-state index is 5.13. The smallest absolute Gasteiger partial charge is 0.160 e. The number of benzene rings is 3. The average Bonchev–Trinajstić information content (AvgIpc) is 2.89. The molecule has 0 amide bonds. The molecule has 2 saturated heterocycles. The van der Waals surface area contributed by atoms with Crippen molar-refractivity contribution in [1.82, 2.24) is 9.97 Å². The van der Waals surface area contributed by atoms with Gasteiger partial charge in [0.05, 0.1) is 11.4 Å². The molecule has 3 aromatic carbocycles. The largest absolute Gasteiger partial charge is 0.365 e. The molecule has 2 aliphatic carbocycles. The SMILES string of the molecule is c1ccc(-c2cc(-c3ccccc3N3C4CC5CC(C4)CC3C5)nc(-c3ccccc3)n2)cc1. The Hall–Kier alpha value is -3.46. The summed E-state index contributed by atoms with van der Waals surface area (Å²) >= 11 is 0. The van der Waals surface area contributed by atoms with Crippen LogP contribution in [0.25, 0.3) is 33.9 Å². The summed E-state index contributed by atoms with van der Waals surface area (Å²) in [6.45, 7) is 0. The second kappa shape index (κ2) is 8.09. The Morgan fingerprint density at radius 1 is 0.559 bits per heavy atom. The summed E-state index contributed by atoms with van der Waals surface area (Å²) in [4.78, 5) is 12.9. The lowest BCUT2D eigenvalue weighted by molar-refractivity contribution is 0.0901. The van der Waals surface area contributed by atoms with Gasteiger partial charge in [-0.2, -0.15) is 0 Å². The van der Waals surface area contributed by atoms with Gasteiger partial charge in [-0.25, -0.2) is 9.97 Å². The predicted molar refractivity (Wildman–Crippen MR) is 138 cm³/mol. The van der Waals surface area contributed by atoms with Crippen LogP contribution in [-0.2, 0) is 0 Å². The lowest BCUT2D eigenvalue weighted by Gasteiger charge is -2.57. The molecular formula is C31H29N3. The van der Waals surface area contributed by atoms with Crippen LogP contribution >= 0.6 is 0 Å². The number of aromatic nitrogens is 2. The third-order valence-corrected chi connectivity index (χ3v) is 8.16. The Bertz CT molecular complexity index is 1230. The van der Waals surface area contributed by atoms with E-state index in [9.17, 15) is 0 Å². The molecular weight excluding hydrogens is 414 g/mol. The molecule has 0 unspecified atom stereocenters. The fraction of sp³-hybridized carbons (Fsp3) is 0.290. The van der Waals surface area contributed by atoms with Crippen molar-refractivity contribution in [1.29, 1.82) is 0 Å². The first-order valence-corrected chi connectivity index (χ1v) is 12.7. The lowest BCUT2D eigenvalue weighted by Crippen LogP contribution is -2.58. The molecule has 168 valence electrons. The first kappa shape index (κ1) is 20.0. The summed E-state index contributed by atoms with van der Waals surface area (Å²) in [5, 5.41) is 0. The van der Waals surface area contributed by atoms with Crippen LogP contribution in [0.1, 0.15) is 32.1 Å². The molecule has 4 aliphatic rings. The fourth-order valence-corrected chi connectivity index (χ4v) is 6.90. The molecule has 0 atom stereocenters. The van der Waals surface area contributed by atoms with Crippen LogP contribution < -0.4 is 4.90 Å². The molecule has 4 bridgehead atoms. The van der Waals surface area contributed by atoms with E-state index < -0.39 is 0 Å². The summed E-state index contributed by atoms with van der Waals surface area (Å²) in [6, 6.07) is 33.3. The van der Waals surface area contributed by atoms with Crippen molar-refractivity contribution >= 4 is 5.69 Å². The summed E-state index contributed by atoms with van der Waals surface area (Å²) in [5.41, 5.74) is 6.74. The molecule has 8 rings (SSSR count). The van der Waals surface area contributed by atoms with E-state index in [0.29, 0.717) is 12.1 Å². The van der Waals surface area contributed by atoms with Crippen molar-refractivity contribution in [2.24, 2.45) is 11.8 Å². The van der Waals surface area contributed by atoms with Crippen molar-refractivity contribution in [3.63, 3.8) is 0 Å². The molecule has 0 radical (unpaired) electrons. The summed E-state index contributed by atoms with van der Waals surface area (Å²) in [6.07, 6.45) is 6.89. The number of nitrogens with zero attached hydrogens (tertiary/aromatic N) is 3. The molecule has 2 saturated carbocycles. The zero-order chi connectivity index (χ0) is 22.5. The van der Waals surface area contributed by atoms with Gasteiger partial charge in [0.1, 0.15) is 0 Å². The molecule has 0 spiro atoms. The van der Waals surface area contributed by atoms with Gasteiger partial charge in [-0.05, 0) is 56.1 Å².